The number of halogens is 3. The van der Waals surface area contributed by atoms with E-state index in [2.05, 4.69) is 5.32 Å². The first-order valence-corrected chi connectivity index (χ1v) is 5.32. The molecule has 88 valence electrons. The van der Waals surface area contributed by atoms with Gasteiger partial charge < -0.3 is 5.32 Å². The molecule has 1 unspecified atom stereocenters. The molecule has 5 heteroatoms. The first-order chi connectivity index (χ1) is 6.99. The van der Waals surface area contributed by atoms with Crippen molar-refractivity contribution < 1.29 is 18.0 Å². The van der Waals surface area contributed by atoms with Gasteiger partial charge in [0.1, 0.15) is 5.78 Å². The van der Waals surface area contributed by atoms with E-state index in [4.69, 9.17) is 0 Å². The van der Waals surface area contributed by atoms with Crippen LogP contribution in [0.25, 0.3) is 0 Å². The highest BCUT2D eigenvalue weighted by Crippen LogP contribution is 2.22. The van der Waals surface area contributed by atoms with Crippen molar-refractivity contribution in [3.63, 3.8) is 0 Å². The van der Waals surface area contributed by atoms with E-state index in [0.29, 0.717) is 6.42 Å². The van der Waals surface area contributed by atoms with E-state index in [-0.39, 0.29) is 18.2 Å². The number of ketones is 1. The molecular formula is C10H16F3NO. The molecule has 1 rings (SSSR count). The minimum absolute atomic E-state index is 0.297. The van der Waals surface area contributed by atoms with Gasteiger partial charge in [0.05, 0.1) is 12.5 Å². The molecule has 1 saturated heterocycles. The lowest BCUT2D eigenvalue weighted by Crippen LogP contribution is -2.36. The summed E-state index contributed by atoms with van der Waals surface area (Å²) in [4.78, 5) is 11.4. The Morgan fingerprint density at radius 1 is 1.27 bits per heavy atom. The molecular weight excluding hydrogens is 207 g/mol. The molecule has 0 radical (unpaired) electrons. The zero-order valence-corrected chi connectivity index (χ0v) is 8.57. The second-order valence-corrected chi connectivity index (χ2v) is 3.94. The maximum absolute atomic E-state index is 11.9. The SMILES string of the molecule is O=C(CCC(F)(F)F)C1CCCCCN1. The molecule has 0 aliphatic carbocycles. The van der Waals surface area contributed by atoms with E-state index < -0.39 is 12.6 Å². The summed E-state index contributed by atoms with van der Waals surface area (Å²) in [6.45, 7) is 0.739. The summed E-state index contributed by atoms with van der Waals surface area (Å²) >= 11 is 0. The van der Waals surface area contributed by atoms with Gasteiger partial charge in [-0.2, -0.15) is 13.2 Å². The van der Waals surface area contributed by atoms with Crippen molar-refractivity contribution in [3.05, 3.63) is 0 Å². The summed E-state index contributed by atoms with van der Waals surface area (Å²) in [5.41, 5.74) is 0. The largest absolute Gasteiger partial charge is 0.389 e. The van der Waals surface area contributed by atoms with Crippen molar-refractivity contribution in [3.8, 4) is 0 Å². The van der Waals surface area contributed by atoms with Gasteiger partial charge >= 0.3 is 6.18 Å². The summed E-state index contributed by atoms with van der Waals surface area (Å²) < 4.78 is 35.7. The molecule has 1 fully saturated rings. The molecule has 2 nitrogen and oxygen atoms in total. The van der Waals surface area contributed by atoms with E-state index in [1.165, 1.54) is 0 Å². The minimum atomic E-state index is -4.22. The summed E-state index contributed by atoms with van der Waals surface area (Å²) in [5.74, 6) is -0.297. The predicted molar refractivity (Wildman–Crippen MR) is 50.6 cm³/mol. The molecule has 0 bridgehead atoms. The van der Waals surface area contributed by atoms with E-state index in [9.17, 15) is 18.0 Å². The van der Waals surface area contributed by atoms with Crippen LogP contribution in [0.1, 0.15) is 38.5 Å². The van der Waals surface area contributed by atoms with Crippen LogP contribution in [-0.4, -0.2) is 24.5 Å². The number of hydrogen-bond acceptors (Lipinski definition) is 2. The number of alkyl halides is 3. The van der Waals surface area contributed by atoms with Crippen molar-refractivity contribution in [2.24, 2.45) is 0 Å². The van der Waals surface area contributed by atoms with E-state index in [0.717, 1.165) is 25.8 Å². The quantitative estimate of drug-likeness (QED) is 0.796. The second-order valence-electron chi connectivity index (χ2n) is 3.94. The second kappa shape index (κ2) is 5.49. The van der Waals surface area contributed by atoms with E-state index >= 15 is 0 Å². The third kappa shape index (κ3) is 5.16. The maximum atomic E-state index is 11.9. The zero-order chi connectivity index (χ0) is 11.3. The van der Waals surface area contributed by atoms with Crippen molar-refractivity contribution in [1.82, 2.24) is 5.32 Å². The van der Waals surface area contributed by atoms with Crippen molar-refractivity contribution >= 4 is 5.78 Å². The van der Waals surface area contributed by atoms with Gasteiger partial charge in [0, 0.05) is 6.42 Å². The Morgan fingerprint density at radius 2 is 2.00 bits per heavy atom. The highest BCUT2D eigenvalue weighted by Gasteiger charge is 2.29. The Kier molecular flexibility index (Phi) is 4.57. The minimum Gasteiger partial charge on any atom is -0.307 e. The zero-order valence-electron chi connectivity index (χ0n) is 8.57. The first-order valence-electron chi connectivity index (χ1n) is 5.32. The van der Waals surface area contributed by atoms with Crippen LogP contribution in [0, 0.1) is 0 Å². The monoisotopic (exact) mass is 223 g/mol. The molecule has 15 heavy (non-hydrogen) atoms. The average Bonchev–Trinajstić information content (AvgIpc) is 2.41. The van der Waals surface area contributed by atoms with Crippen molar-refractivity contribution in [2.75, 3.05) is 6.54 Å². The lowest BCUT2D eigenvalue weighted by atomic mass is 10.0. The number of rotatable bonds is 3. The number of carbonyl (C=O) groups excluding carboxylic acids is 1. The number of nitrogens with one attached hydrogen (secondary N) is 1. The van der Waals surface area contributed by atoms with Crippen LogP contribution in [0.5, 0.6) is 0 Å². The van der Waals surface area contributed by atoms with Gasteiger partial charge in [-0.05, 0) is 19.4 Å². The van der Waals surface area contributed by atoms with Gasteiger partial charge in [-0.3, -0.25) is 4.79 Å². The van der Waals surface area contributed by atoms with Gasteiger partial charge in [-0.15, -0.1) is 0 Å². The smallest absolute Gasteiger partial charge is 0.307 e. The van der Waals surface area contributed by atoms with Crippen LogP contribution >= 0.6 is 0 Å². The number of hydrogen-bond donors (Lipinski definition) is 1. The van der Waals surface area contributed by atoms with E-state index in [1.54, 1.807) is 0 Å². The molecule has 1 atom stereocenters. The molecule has 0 aromatic rings. The highest BCUT2D eigenvalue weighted by atomic mass is 19.4. The molecule has 1 heterocycles. The molecule has 0 spiro atoms. The lowest BCUT2D eigenvalue weighted by Gasteiger charge is -2.14. The van der Waals surface area contributed by atoms with Crippen LogP contribution in [0.3, 0.4) is 0 Å². The Morgan fingerprint density at radius 3 is 2.67 bits per heavy atom. The fraction of sp³-hybridized carbons (Fsp3) is 0.900. The maximum Gasteiger partial charge on any atom is 0.389 e. The van der Waals surface area contributed by atoms with Crippen molar-refractivity contribution in [1.29, 1.82) is 0 Å². The summed E-state index contributed by atoms with van der Waals surface area (Å²) in [6.07, 6.45) is -1.95. The standard InChI is InChI=1S/C10H16F3NO/c11-10(12,13)6-5-9(15)8-4-2-1-3-7-14-8/h8,14H,1-7H2. The third-order valence-electron chi connectivity index (χ3n) is 2.60. The number of carbonyl (C=O) groups is 1. The molecule has 0 saturated carbocycles. The van der Waals surface area contributed by atoms with Crippen LogP contribution in [0.4, 0.5) is 13.2 Å². The van der Waals surface area contributed by atoms with E-state index in [1.807, 2.05) is 0 Å². The van der Waals surface area contributed by atoms with Gasteiger partial charge in [0.25, 0.3) is 0 Å². The molecule has 0 aromatic heterocycles. The van der Waals surface area contributed by atoms with Gasteiger partial charge in [-0.1, -0.05) is 12.8 Å². The molecule has 0 amide bonds. The molecule has 0 aromatic carbocycles. The van der Waals surface area contributed by atoms with Gasteiger partial charge in [-0.25, -0.2) is 0 Å². The van der Waals surface area contributed by atoms with Crippen LogP contribution in [0.15, 0.2) is 0 Å². The Bertz CT molecular complexity index is 207. The molecule has 1 aliphatic rings. The fourth-order valence-corrected chi connectivity index (χ4v) is 1.74. The Balaban J connectivity index is 2.32. The van der Waals surface area contributed by atoms with Crippen LogP contribution in [0.2, 0.25) is 0 Å². The van der Waals surface area contributed by atoms with Gasteiger partial charge in [0.2, 0.25) is 0 Å². The molecule has 1 aliphatic heterocycles. The van der Waals surface area contributed by atoms with Crippen molar-refractivity contribution in [2.45, 2.75) is 50.7 Å². The summed E-state index contributed by atoms with van der Waals surface area (Å²) in [6, 6.07) is -0.352. The molecule has 1 N–H and O–H groups in total. The Labute approximate surface area is 87.2 Å². The van der Waals surface area contributed by atoms with Crippen LogP contribution < -0.4 is 5.32 Å². The number of Topliss-reactive ketones (excluding diaryl/α,β-unsaturated/α-hetero) is 1. The van der Waals surface area contributed by atoms with Gasteiger partial charge in [0.15, 0.2) is 0 Å². The Hall–Kier alpha value is -0.580. The third-order valence-corrected chi connectivity index (χ3v) is 2.60. The predicted octanol–water partition coefficient (Wildman–Crippen LogP) is 2.43. The summed E-state index contributed by atoms with van der Waals surface area (Å²) in [5, 5.41) is 3.00. The van der Waals surface area contributed by atoms with Crippen LogP contribution in [-0.2, 0) is 4.79 Å². The summed E-state index contributed by atoms with van der Waals surface area (Å²) in [7, 11) is 0. The fourth-order valence-electron chi connectivity index (χ4n) is 1.74. The average molecular weight is 223 g/mol. The highest BCUT2D eigenvalue weighted by molar-refractivity contribution is 5.84. The first kappa shape index (κ1) is 12.5. The lowest BCUT2D eigenvalue weighted by molar-refractivity contribution is -0.144. The normalized spacial score (nSPS) is 23.5. The topological polar surface area (TPSA) is 29.1 Å².